The van der Waals surface area contributed by atoms with Gasteiger partial charge in [-0.05, 0) is 6.92 Å². The van der Waals surface area contributed by atoms with E-state index in [1.165, 1.54) is 6.92 Å². The second-order valence-corrected chi connectivity index (χ2v) is 3.47. The molecule has 0 bridgehead atoms. The number of carbonyl (C=O) groups excluding carboxylic acids is 4. The zero-order valence-corrected chi connectivity index (χ0v) is 9.21. The van der Waals surface area contributed by atoms with Gasteiger partial charge in [0.2, 0.25) is 17.7 Å². The van der Waals surface area contributed by atoms with Gasteiger partial charge in [-0.15, -0.1) is 11.6 Å². The summed E-state index contributed by atoms with van der Waals surface area (Å²) in [6.07, 6.45) is 0. The van der Waals surface area contributed by atoms with Gasteiger partial charge in [0.15, 0.2) is 0 Å². The average molecular weight is 248 g/mol. The Morgan fingerprint density at radius 2 is 2.19 bits per heavy atom. The highest BCUT2D eigenvalue weighted by molar-refractivity contribution is 6.28. The van der Waals surface area contributed by atoms with Crippen LogP contribution in [0.3, 0.4) is 0 Å². The maximum Gasteiger partial charge on any atom is 0.325 e. The van der Waals surface area contributed by atoms with Gasteiger partial charge >= 0.3 is 6.03 Å². The molecular weight excluding hydrogens is 238 g/mol. The van der Waals surface area contributed by atoms with Crippen LogP contribution in [-0.2, 0) is 14.4 Å². The van der Waals surface area contributed by atoms with Crippen molar-refractivity contribution >= 4 is 35.4 Å². The summed E-state index contributed by atoms with van der Waals surface area (Å²) in [5.41, 5.74) is 0. The molecule has 0 aromatic rings. The molecule has 1 aliphatic rings. The first-order valence-electron chi connectivity index (χ1n) is 4.45. The van der Waals surface area contributed by atoms with Crippen molar-refractivity contribution in [3.63, 3.8) is 0 Å². The van der Waals surface area contributed by atoms with Crippen LogP contribution in [0.5, 0.6) is 0 Å². The number of nitrogens with one attached hydrogen (secondary N) is 2. The summed E-state index contributed by atoms with van der Waals surface area (Å²) in [5.74, 6) is -2.22. The van der Waals surface area contributed by atoms with Gasteiger partial charge in [0.1, 0.15) is 18.5 Å². The minimum absolute atomic E-state index is 0.270. The van der Waals surface area contributed by atoms with E-state index in [1.54, 1.807) is 0 Å². The maximum atomic E-state index is 11.5. The number of piperazine rings is 1. The van der Waals surface area contributed by atoms with E-state index in [4.69, 9.17) is 11.6 Å². The fourth-order valence-electron chi connectivity index (χ4n) is 1.19. The first-order chi connectivity index (χ1) is 7.45. The van der Waals surface area contributed by atoms with Gasteiger partial charge in [-0.2, -0.15) is 0 Å². The van der Waals surface area contributed by atoms with E-state index in [0.29, 0.717) is 0 Å². The van der Waals surface area contributed by atoms with Gasteiger partial charge in [0.25, 0.3) is 0 Å². The lowest BCUT2D eigenvalue weighted by molar-refractivity contribution is -0.138. The number of halogens is 1. The quantitative estimate of drug-likeness (QED) is 0.450. The highest BCUT2D eigenvalue weighted by atomic mass is 35.5. The molecule has 0 aliphatic carbocycles. The third kappa shape index (κ3) is 2.69. The van der Waals surface area contributed by atoms with Crippen molar-refractivity contribution in [2.45, 2.75) is 13.0 Å². The predicted molar refractivity (Wildman–Crippen MR) is 53.6 cm³/mol. The summed E-state index contributed by atoms with van der Waals surface area (Å²) in [6, 6.07) is -1.61. The molecule has 1 fully saturated rings. The SMILES string of the molecule is CC1C(=O)NC(=O)CN1C(=O)NC(=O)CCl. The molecule has 2 N–H and O–H groups in total. The van der Waals surface area contributed by atoms with E-state index < -0.39 is 29.8 Å². The van der Waals surface area contributed by atoms with Gasteiger partial charge in [-0.3, -0.25) is 25.0 Å². The highest BCUT2D eigenvalue weighted by Crippen LogP contribution is 2.04. The normalized spacial score (nSPS) is 20.4. The standard InChI is InChI=1S/C8H10ClN3O4/c1-4-7(15)10-6(14)3-12(4)8(16)11-5(13)2-9/h4H,2-3H2,1H3,(H,10,14,15)(H,11,13,16). The highest BCUT2D eigenvalue weighted by Gasteiger charge is 2.33. The summed E-state index contributed by atoms with van der Waals surface area (Å²) in [4.78, 5) is 45.5. The molecule has 8 heteroatoms. The molecule has 0 aromatic heterocycles. The third-order valence-electron chi connectivity index (χ3n) is 2.05. The molecule has 0 spiro atoms. The molecule has 1 saturated heterocycles. The number of amides is 5. The second-order valence-electron chi connectivity index (χ2n) is 3.20. The van der Waals surface area contributed by atoms with Crippen LogP contribution in [0.4, 0.5) is 4.79 Å². The summed E-state index contributed by atoms with van der Waals surface area (Å²) in [6.45, 7) is 1.18. The van der Waals surface area contributed by atoms with Gasteiger partial charge in [-0.1, -0.05) is 0 Å². The van der Waals surface area contributed by atoms with Crippen molar-refractivity contribution in [1.29, 1.82) is 0 Å². The van der Waals surface area contributed by atoms with Crippen molar-refractivity contribution in [1.82, 2.24) is 15.5 Å². The Balaban J connectivity index is 2.70. The molecule has 0 saturated carbocycles. The van der Waals surface area contributed by atoms with E-state index in [2.05, 4.69) is 5.32 Å². The molecule has 1 unspecified atom stereocenters. The van der Waals surface area contributed by atoms with Crippen LogP contribution < -0.4 is 10.6 Å². The van der Waals surface area contributed by atoms with Gasteiger partial charge in [-0.25, -0.2) is 4.79 Å². The van der Waals surface area contributed by atoms with Crippen LogP contribution in [0.1, 0.15) is 6.92 Å². The Labute approximate surface area is 96.1 Å². The topological polar surface area (TPSA) is 95.6 Å². The molecule has 88 valence electrons. The smallest absolute Gasteiger partial charge is 0.303 e. The molecule has 16 heavy (non-hydrogen) atoms. The van der Waals surface area contributed by atoms with E-state index in [9.17, 15) is 19.2 Å². The van der Waals surface area contributed by atoms with Crippen LogP contribution in [0.2, 0.25) is 0 Å². The lowest BCUT2D eigenvalue weighted by atomic mass is 10.2. The fraction of sp³-hybridized carbons (Fsp3) is 0.500. The van der Waals surface area contributed by atoms with Gasteiger partial charge in [0.05, 0.1) is 0 Å². The monoisotopic (exact) mass is 247 g/mol. The summed E-state index contributed by atoms with van der Waals surface area (Å²) in [7, 11) is 0. The summed E-state index contributed by atoms with van der Waals surface area (Å²) >= 11 is 5.20. The molecule has 1 heterocycles. The molecule has 5 amide bonds. The number of hydrogen-bond donors (Lipinski definition) is 2. The number of carbonyl (C=O) groups is 4. The number of imide groups is 2. The van der Waals surface area contributed by atoms with Crippen LogP contribution in [0.15, 0.2) is 0 Å². The fourth-order valence-corrected chi connectivity index (χ4v) is 1.25. The van der Waals surface area contributed by atoms with E-state index in [1.807, 2.05) is 5.32 Å². The molecule has 7 nitrogen and oxygen atoms in total. The van der Waals surface area contributed by atoms with Crippen LogP contribution in [0, 0.1) is 0 Å². The molecular formula is C8H10ClN3O4. The average Bonchev–Trinajstić information content (AvgIpc) is 2.22. The molecule has 1 atom stereocenters. The molecule has 1 aliphatic heterocycles. The number of rotatable bonds is 1. The van der Waals surface area contributed by atoms with Crippen molar-refractivity contribution < 1.29 is 19.2 Å². The van der Waals surface area contributed by atoms with E-state index >= 15 is 0 Å². The largest absolute Gasteiger partial charge is 0.325 e. The number of hydrogen-bond acceptors (Lipinski definition) is 4. The lowest BCUT2D eigenvalue weighted by Gasteiger charge is -2.31. The minimum Gasteiger partial charge on any atom is -0.303 e. The number of nitrogens with zero attached hydrogens (tertiary/aromatic N) is 1. The Bertz CT molecular complexity index is 357. The van der Waals surface area contributed by atoms with E-state index in [0.717, 1.165) is 4.90 Å². The molecule has 0 radical (unpaired) electrons. The lowest BCUT2D eigenvalue weighted by Crippen LogP contribution is -2.61. The van der Waals surface area contributed by atoms with Crippen LogP contribution in [0.25, 0.3) is 0 Å². The van der Waals surface area contributed by atoms with Gasteiger partial charge < -0.3 is 4.90 Å². The van der Waals surface area contributed by atoms with Gasteiger partial charge in [0, 0.05) is 0 Å². The first kappa shape index (κ1) is 12.4. The van der Waals surface area contributed by atoms with Crippen molar-refractivity contribution in [3.05, 3.63) is 0 Å². The van der Waals surface area contributed by atoms with Crippen molar-refractivity contribution in [2.75, 3.05) is 12.4 Å². The second kappa shape index (κ2) is 4.93. The van der Waals surface area contributed by atoms with Crippen molar-refractivity contribution in [2.24, 2.45) is 0 Å². The van der Waals surface area contributed by atoms with Crippen molar-refractivity contribution in [3.8, 4) is 0 Å². The Morgan fingerprint density at radius 1 is 1.56 bits per heavy atom. The predicted octanol–water partition coefficient (Wildman–Crippen LogP) is -1.19. The Hall–Kier alpha value is -1.63. The number of alkyl halides is 1. The van der Waals surface area contributed by atoms with E-state index in [-0.39, 0.29) is 12.4 Å². The number of urea groups is 1. The zero-order valence-electron chi connectivity index (χ0n) is 8.45. The third-order valence-corrected chi connectivity index (χ3v) is 2.29. The summed E-state index contributed by atoms with van der Waals surface area (Å²) in [5, 5.41) is 4.03. The Morgan fingerprint density at radius 3 is 2.75 bits per heavy atom. The molecule has 0 aromatic carbocycles. The minimum atomic E-state index is -0.805. The summed E-state index contributed by atoms with van der Waals surface area (Å²) < 4.78 is 0. The zero-order chi connectivity index (χ0) is 12.3. The van der Waals surface area contributed by atoms with Crippen LogP contribution >= 0.6 is 11.6 Å². The van der Waals surface area contributed by atoms with Crippen LogP contribution in [-0.4, -0.2) is 47.1 Å². The maximum absolute atomic E-state index is 11.5. The first-order valence-corrected chi connectivity index (χ1v) is 4.99. The Kier molecular flexibility index (Phi) is 3.83. The molecule has 1 rings (SSSR count).